The van der Waals surface area contributed by atoms with E-state index in [9.17, 15) is 20.2 Å². The van der Waals surface area contributed by atoms with Crippen LogP contribution in [0.2, 0.25) is 10.0 Å². The molecule has 3 rings (SSSR count). The van der Waals surface area contributed by atoms with Crippen molar-refractivity contribution < 1.29 is 14.6 Å². The average Bonchev–Trinajstić information content (AvgIpc) is 2.78. The Bertz CT molecular complexity index is 1230. The number of hydrogen-bond donors (Lipinski definition) is 0. The largest absolute Gasteiger partial charge is 0.497 e. The van der Waals surface area contributed by atoms with Gasteiger partial charge in [-0.15, -0.1) is 0 Å². The van der Waals surface area contributed by atoms with E-state index in [1.165, 1.54) is 18.2 Å². The minimum absolute atomic E-state index is 0.000846. The molecule has 186 valence electrons. The maximum absolute atomic E-state index is 11.0. The molecule has 3 aromatic carbocycles. The molecule has 0 radical (unpaired) electrons. The number of nitrogens with zero attached hydrogens (tertiary/aromatic N) is 2. The predicted molar refractivity (Wildman–Crippen MR) is 143 cm³/mol. The van der Waals surface area contributed by atoms with Gasteiger partial charge in [0.25, 0.3) is 11.4 Å². The normalized spacial score (nSPS) is 11.3. The van der Waals surface area contributed by atoms with Crippen LogP contribution in [0.3, 0.4) is 0 Å². The number of nitro benzene ring substituents is 2. The highest BCUT2D eigenvalue weighted by Gasteiger charge is 2.26. The second kappa shape index (κ2) is 11.4. The van der Waals surface area contributed by atoms with Crippen molar-refractivity contribution in [3.8, 4) is 5.75 Å². The molecule has 7 nitrogen and oxygen atoms in total. The minimum atomic E-state index is -0.450. The predicted octanol–water partition coefficient (Wildman–Crippen LogP) is 8.46. The zero-order chi connectivity index (χ0) is 26.6. The summed E-state index contributed by atoms with van der Waals surface area (Å²) in [6, 6.07) is 16.9. The fourth-order valence-corrected chi connectivity index (χ4v) is 3.93. The highest BCUT2D eigenvalue weighted by molar-refractivity contribution is 9.09. The van der Waals surface area contributed by atoms with Gasteiger partial charge in [-0.3, -0.25) is 20.2 Å². The van der Waals surface area contributed by atoms with Crippen LogP contribution in [0.15, 0.2) is 60.7 Å². The molecule has 0 aliphatic heterocycles. The maximum Gasteiger partial charge on any atom is 0.271 e. The number of alkyl halides is 1. The van der Waals surface area contributed by atoms with Crippen LogP contribution in [0.4, 0.5) is 11.4 Å². The van der Waals surface area contributed by atoms with Crippen LogP contribution in [-0.4, -0.2) is 17.0 Å². The molecular weight excluding hydrogens is 559 g/mol. The monoisotopic (exact) mass is 582 g/mol. The van der Waals surface area contributed by atoms with Gasteiger partial charge in [-0.25, -0.2) is 0 Å². The number of benzene rings is 3. The lowest BCUT2D eigenvalue weighted by molar-refractivity contribution is -0.385. The van der Waals surface area contributed by atoms with Crippen LogP contribution in [-0.2, 0) is 9.74 Å². The van der Waals surface area contributed by atoms with Gasteiger partial charge < -0.3 is 4.74 Å². The summed E-state index contributed by atoms with van der Waals surface area (Å²) in [6.45, 7) is 7.82. The van der Waals surface area contributed by atoms with Gasteiger partial charge in [0.15, 0.2) is 0 Å². The number of hydrogen-bond acceptors (Lipinski definition) is 5. The molecular formula is C25H25BrCl2N2O5. The molecule has 0 aromatic heterocycles. The van der Waals surface area contributed by atoms with Gasteiger partial charge in [0.2, 0.25) is 0 Å². The van der Waals surface area contributed by atoms with Gasteiger partial charge in [0, 0.05) is 44.0 Å². The van der Waals surface area contributed by atoms with Crippen molar-refractivity contribution in [2.75, 3.05) is 7.11 Å². The minimum Gasteiger partial charge on any atom is -0.497 e. The Morgan fingerprint density at radius 3 is 1.57 bits per heavy atom. The molecule has 0 aliphatic carbocycles. The first-order chi connectivity index (χ1) is 16.1. The van der Waals surface area contributed by atoms with Gasteiger partial charge in [0.05, 0.1) is 17.0 Å². The molecule has 0 amide bonds. The summed E-state index contributed by atoms with van der Waals surface area (Å²) in [4.78, 5) is 20.7. The van der Waals surface area contributed by atoms with E-state index in [0.717, 1.165) is 22.4 Å². The number of rotatable bonds is 6. The molecule has 0 fully saturated rings. The number of methoxy groups -OCH3 is 1. The van der Waals surface area contributed by atoms with Crippen molar-refractivity contribution in [3.05, 3.63) is 108 Å². The van der Waals surface area contributed by atoms with Crippen molar-refractivity contribution in [1.82, 2.24) is 0 Å². The number of non-ortho nitro benzene ring substituents is 2. The first-order valence-corrected chi connectivity index (χ1v) is 11.9. The summed E-state index contributed by atoms with van der Waals surface area (Å²) in [6.07, 6.45) is 0. The molecule has 0 atom stereocenters. The zero-order valence-electron chi connectivity index (χ0n) is 19.8. The molecule has 0 spiro atoms. The van der Waals surface area contributed by atoms with Gasteiger partial charge in [-0.1, -0.05) is 65.1 Å². The third-order valence-corrected chi connectivity index (χ3v) is 6.30. The zero-order valence-corrected chi connectivity index (χ0v) is 22.9. The summed E-state index contributed by atoms with van der Waals surface area (Å²) in [5.74, 6) is 0.770. The summed E-state index contributed by atoms with van der Waals surface area (Å²) in [7, 11) is 1.61. The molecule has 0 aliphatic rings. The fourth-order valence-electron chi connectivity index (χ4n) is 3.24. The quantitative estimate of drug-likeness (QED) is 0.165. The van der Waals surface area contributed by atoms with Crippen LogP contribution in [0, 0.1) is 20.2 Å². The summed E-state index contributed by atoms with van der Waals surface area (Å²) in [5, 5.41) is 22.3. The van der Waals surface area contributed by atoms with Crippen LogP contribution < -0.4 is 4.74 Å². The second-order valence-electron chi connectivity index (χ2n) is 8.74. The second-order valence-corrected chi connectivity index (χ2v) is 11.6. The molecule has 0 saturated carbocycles. The van der Waals surface area contributed by atoms with E-state index in [1.807, 2.05) is 52.0 Å². The van der Waals surface area contributed by atoms with E-state index in [-0.39, 0.29) is 15.7 Å². The molecule has 3 aromatic rings. The van der Waals surface area contributed by atoms with Gasteiger partial charge >= 0.3 is 0 Å². The highest BCUT2D eigenvalue weighted by atomic mass is 79.9. The van der Waals surface area contributed by atoms with Gasteiger partial charge in [0.1, 0.15) is 5.75 Å². The molecule has 0 heterocycles. The van der Waals surface area contributed by atoms with E-state index < -0.39 is 15.3 Å². The maximum atomic E-state index is 11.0. The first kappa shape index (κ1) is 28.6. The Hall–Kier alpha value is -2.68. The Balaban J connectivity index is 0.000000269. The van der Waals surface area contributed by atoms with Crippen LogP contribution >= 0.6 is 39.1 Å². The van der Waals surface area contributed by atoms with Gasteiger partial charge in [-0.05, 0) is 54.8 Å². The van der Waals surface area contributed by atoms with Crippen LogP contribution in [0.5, 0.6) is 5.75 Å². The van der Waals surface area contributed by atoms with Crippen molar-refractivity contribution in [2.45, 2.75) is 37.4 Å². The summed E-state index contributed by atoms with van der Waals surface area (Å²) >= 11 is 15.2. The topological polar surface area (TPSA) is 95.5 Å². The molecule has 10 heteroatoms. The number of halogens is 3. The Labute approximate surface area is 222 Å². The van der Waals surface area contributed by atoms with Crippen molar-refractivity contribution in [2.24, 2.45) is 0 Å². The van der Waals surface area contributed by atoms with Gasteiger partial charge in [-0.2, -0.15) is 0 Å². The molecule has 0 unspecified atom stereocenters. The molecule has 35 heavy (non-hydrogen) atoms. The van der Waals surface area contributed by atoms with Crippen LogP contribution in [0.1, 0.15) is 44.4 Å². The number of ether oxygens (including phenoxy) is 1. The van der Waals surface area contributed by atoms with Crippen molar-refractivity contribution in [3.63, 3.8) is 0 Å². The summed E-state index contributed by atoms with van der Waals surface area (Å²) < 4.78 is 4.83. The molecule has 0 bridgehead atoms. The lowest BCUT2D eigenvalue weighted by atomic mass is 9.78. The molecule has 0 saturated heterocycles. The van der Waals surface area contributed by atoms with E-state index in [4.69, 9.17) is 27.9 Å². The standard InChI is InChI=1S/C16H16ClNO3.C9H9BrClNO2/c1-16(2,11-4-6-15(21-3)7-5-11)12-8-13(17)10-14(9-12)18(19)20;1-9(2,10)6-3-7(11)5-8(4-6)12(13)14/h4-10H,1-3H3;3-5H,1-2H3. The van der Waals surface area contributed by atoms with Crippen molar-refractivity contribution in [1.29, 1.82) is 0 Å². The van der Waals surface area contributed by atoms with E-state index in [0.29, 0.717) is 10.0 Å². The third-order valence-electron chi connectivity index (χ3n) is 5.41. The summed E-state index contributed by atoms with van der Waals surface area (Å²) in [5.41, 5.74) is 2.23. The lowest BCUT2D eigenvalue weighted by Crippen LogP contribution is -2.19. The average molecular weight is 584 g/mol. The first-order valence-electron chi connectivity index (χ1n) is 10.4. The Morgan fingerprint density at radius 2 is 1.17 bits per heavy atom. The van der Waals surface area contributed by atoms with Crippen molar-refractivity contribution >= 4 is 50.5 Å². The van der Waals surface area contributed by atoms with Crippen LogP contribution in [0.25, 0.3) is 0 Å². The number of nitro groups is 2. The molecule has 0 N–H and O–H groups in total. The fraction of sp³-hybridized carbons (Fsp3) is 0.280. The smallest absolute Gasteiger partial charge is 0.271 e. The third kappa shape index (κ3) is 7.65. The van der Waals surface area contributed by atoms with E-state index in [2.05, 4.69) is 15.9 Å². The van der Waals surface area contributed by atoms with E-state index in [1.54, 1.807) is 25.3 Å². The SMILES string of the molecule is CC(C)(Br)c1cc(Cl)cc([N+](=O)[O-])c1.COc1ccc(C(C)(C)c2cc(Cl)cc([N+](=O)[O-])c2)cc1. The van der Waals surface area contributed by atoms with E-state index >= 15 is 0 Å². The highest BCUT2D eigenvalue weighted by Crippen LogP contribution is 2.36. The Kier molecular flexibility index (Phi) is 9.28. The lowest BCUT2D eigenvalue weighted by Gasteiger charge is -2.26. The Morgan fingerprint density at radius 1 is 0.743 bits per heavy atom.